The van der Waals surface area contributed by atoms with Crippen LogP contribution in [0.2, 0.25) is 0 Å². The van der Waals surface area contributed by atoms with Crippen LogP contribution in [0.1, 0.15) is 38.7 Å². The number of guanidine groups is 1. The summed E-state index contributed by atoms with van der Waals surface area (Å²) in [5.74, 6) is 1.79. The summed E-state index contributed by atoms with van der Waals surface area (Å²) in [6.07, 6.45) is 3.50. The Hall–Kier alpha value is -1.79. The maximum Gasteiger partial charge on any atom is 0.191 e. The van der Waals surface area contributed by atoms with Crippen molar-refractivity contribution in [2.24, 2.45) is 4.99 Å². The smallest absolute Gasteiger partial charge is 0.191 e. The summed E-state index contributed by atoms with van der Waals surface area (Å²) in [7, 11) is 1.68. The summed E-state index contributed by atoms with van der Waals surface area (Å²) in [6, 6.07) is 8.59. The molecule has 27 heavy (non-hydrogen) atoms. The Kier molecular flexibility index (Phi) is 10.0. The second-order valence-corrected chi connectivity index (χ2v) is 6.83. The fourth-order valence-corrected chi connectivity index (χ4v) is 3.35. The Morgan fingerprint density at radius 2 is 2.04 bits per heavy atom. The number of ether oxygens (including phenoxy) is 2. The number of nitrogens with zero attached hydrogens (tertiary/aromatic N) is 2. The lowest BCUT2D eigenvalue weighted by molar-refractivity contribution is 0.119. The maximum atomic E-state index is 5.76. The Morgan fingerprint density at radius 3 is 2.74 bits per heavy atom. The van der Waals surface area contributed by atoms with E-state index in [1.54, 1.807) is 7.11 Å². The van der Waals surface area contributed by atoms with Gasteiger partial charge in [-0.05, 0) is 57.0 Å². The molecule has 1 heterocycles. The molecule has 1 unspecified atom stereocenters. The third kappa shape index (κ3) is 7.77. The summed E-state index contributed by atoms with van der Waals surface area (Å²) in [6.45, 7) is 10.6. The minimum absolute atomic E-state index is 0.596. The van der Waals surface area contributed by atoms with Crippen LogP contribution in [-0.2, 0) is 11.3 Å². The van der Waals surface area contributed by atoms with Gasteiger partial charge in [-0.25, -0.2) is 0 Å². The number of hydrogen-bond donors (Lipinski definition) is 2. The fourth-order valence-electron chi connectivity index (χ4n) is 3.35. The van der Waals surface area contributed by atoms with E-state index < -0.39 is 0 Å². The van der Waals surface area contributed by atoms with Gasteiger partial charge >= 0.3 is 0 Å². The molecule has 0 aliphatic carbocycles. The van der Waals surface area contributed by atoms with Gasteiger partial charge in [0, 0.05) is 25.7 Å². The third-order valence-electron chi connectivity index (χ3n) is 4.90. The second kappa shape index (κ2) is 12.6. The molecule has 0 spiro atoms. The van der Waals surface area contributed by atoms with Crippen LogP contribution in [0.15, 0.2) is 29.3 Å². The highest BCUT2D eigenvalue weighted by atomic mass is 16.5. The van der Waals surface area contributed by atoms with Gasteiger partial charge in [-0.2, -0.15) is 0 Å². The predicted octanol–water partition coefficient (Wildman–Crippen LogP) is 2.64. The van der Waals surface area contributed by atoms with Gasteiger partial charge in [0.15, 0.2) is 5.96 Å². The van der Waals surface area contributed by atoms with E-state index in [0.717, 1.165) is 56.5 Å². The molecule has 6 heteroatoms. The molecular weight excluding hydrogens is 340 g/mol. The molecule has 1 aromatic rings. The first-order chi connectivity index (χ1) is 13.3. The van der Waals surface area contributed by atoms with E-state index in [1.807, 2.05) is 24.3 Å². The largest absolute Gasteiger partial charge is 0.497 e. The minimum atomic E-state index is 0.596. The molecule has 0 saturated carbocycles. The molecule has 1 fully saturated rings. The van der Waals surface area contributed by atoms with Crippen molar-refractivity contribution in [2.45, 2.75) is 45.8 Å². The highest BCUT2D eigenvalue weighted by Crippen LogP contribution is 2.16. The zero-order valence-corrected chi connectivity index (χ0v) is 17.2. The fraction of sp³-hybridized carbons (Fsp3) is 0.667. The molecule has 1 saturated heterocycles. The zero-order chi connectivity index (χ0) is 19.3. The molecule has 0 amide bonds. The van der Waals surface area contributed by atoms with E-state index >= 15 is 0 Å². The number of benzene rings is 1. The van der Waals surface area contributed by atoms with Crippen LogP contribution in [0.5, 0.6) is 5.75 Å². The van der Waals surface area contributed by atoms with Gasteiger partial charge < -0.3 is 20.1 Å². The topological polar surface area (TPSA) is 58.1 Å². The number of nitrogens with one attached hydrogen (secondary N) is 2. The van der Waals surface area contributed by atoms with Crippen LogP contribution in [0.3, 0.4) is 0 Å². The van der Waals surface area contributed by atoms with E-state index in [9.17, 15) is 0 Å². The van der Waals surface area contributed by atoms with Crippen molar-refractivity contribution in [1.29, 1.82) is 0 Å². The molecule has 0 bridgehead atoms. The molecule has 1 aliphatic rings. The zero-order valence-electron chi connectivity index (χ0n) is 17.2. The molecule has 0 aromatic heterocycles. The maximum absolute atomic E-state index is 5.76. The molecule has 2 N–H and O–H groups in total. The van der Waals surface area contributed by atoms with Gasteiger partial charge in [0.1, 0.15) is 5.75 Å². The Bertz CT molecular complexity index is 548. The molecule has 1 aliphatic heterocycles. The average Bonchev–Trinajstić information content (AvgIpc) is 3.16. The summed E-state index contributed by atoms with van der Waals surface area (Å²) in [5.41, 5.74) is 1.16. The van der Waals surface area contributed by atoms with E-state index in [-0.39, 0.29) is 0 Å². The molecule has 2 rings (SSSR count). The normalized spacial score (nSPS) is 17.9. The summed E-state index contributed by atoms with van der Waals surface area (Å²) in [4.78, 5) is 7.30. The molecule has 0 radical (unpaired) electrons. The number of likely N-dealkylation sites (N-methyl/N-ethyl adjacent to an activating group) is 1. The number of likely N-dealkylation sites (tertiary alicyclic amines) is 1. The highest BCUT2D eigenvalue weighted by Gasteiger charge is 2.22. The standard InChI is InChI=1S/C21H36N4O2/c1-4-22-21(24-16-19-8-6-14-25(19)5-2)23-13-7-15-27-17-18-9-11-20(26-3)12-10-18/h9-12,19H,4-8,13-17H2,1-3H3,(H2,22,23,24). The summed E-state index contributed by atoms with van der Waals surface area (Å²) < 4.78 is 10.9. The Balaban J connectivity index is 1.62. The van der Waals surface area contributed by atoms with Gasteiger partial charge in [-0.3, -0.25) is 9.89 Å². The van der Waals surface area contributed by atoms with Gasteiger partial charge in [-0.15, -0.1) is 0 Å². The SMILES string of the molecule is CCNC(=NCC1CCCN1CC)NCCCOCc1ccc(OC)cc1. The van der Waals surface area contributed by atoms with E-state index in [0.29, 0.717) is 12.6 Å². The first-order valence-corrected chi connectivity index (χ1v) is 10.2. The lowest BCUT2D eigenvalue weighted by atomic mass is 10.2. The molecule has 6 nitrogen and oxygen atoms in total. The van der Waals surface area contributed by atoms with Crippen LogP contribution in [0.25, 0.3) is 0 Å². The molecule has 1 aromatic carbocycles. The Labute approximate surface area is 164 Å². The second-order valence-electron chi connectivity index (χ2n) is 6.83. The van der Waals surface area contributed by atoms with Crippen LogP contribution < -0.4 is 15.4 Å². The van der Waals surface area contributed by atoms with E-state index in [2.05, 4.69) is 29.4 Å². The number of methoxy groups -OCH3 is 1. The first-order valence-electron chi connectivity index (χ1n) is 10.2. The molecule has 1 atom stereocenters. The first kappa shape index (κ1) is 21.5. The van der Waals surface area contributed by atoms with Crippen LogP contribution >= 0.6 is 0 Å². The van der Waals surface area contributed by atoms with Crippen molar-refractivity contribution in [3.8, 4) is 5.75 Å². The van der Waals surface area contributed by atoms with Crippen LogP contribution in [-0.4, -0.2) is 63.3 Å². The summed E-state index contributed by atoms with van der Waals surface area (Å²) in [5, 5.41) is 6.75. The van der Waals surface area contributed by atoms with Crippen molar-refractivity contribution >= 4 is 5.96 Å². The minimum Gasteiger partial charge on any atom is -0.497 e. The highest BCUT2D eigenvalue weighted by molar-refractivity contribution is 5.79. The monoisotopic (exact) mass is 376 g/mol. The lowest BCUT2D eigenvalue weighted by Crippen LogP contribution is -2.39. The lowest BCUT2D eigenvalue weighted by Gasteiger charge is -2.21. The number of hydrogen-bond acceptors (Lipinski definition) is 4. The summed E-state index contributed by atoms with van der Waals surface area (Å²) >= 11 is 0. The van der Waals surface area contributed by atoms with Crippen LogP contribution in [0.4, 0.5) is 0 Å². The van der Waals surface area contributed by atoms with Crippen molar-refractivity contribution in [3.05, 3.63) is 29.8 Å². The third-order valence-corrected chi connectivity index (χ3v) is 4.90. The van der Waals surface area contributed by atoms with Gasteiger partial charge in [0.05, 0.1) is 20.3 Å². The van der Waals surface area contributed by atoms with E-state index in [4.69, 9.17) is 14.5 Å². The quantitative estimate of drug-likeness (QED) is 0.353. The van der Waals surface area contributed by atoms with E-state index in [1.165, 1.54) is 19.4 Å². The Morgan fingerprint density at radius 1 is 1.22 bits per heavy atom. The van der Waals surface area contributed by atoms with Crippen molar-refractivity contribution < 1.29 is 9.47 Å². The van der Waals surface area contributed by atoms with Crippen LogP contribution in [0, 0.1) is 0 Å². The average molecular weight is 377 g/mol. The van der Waals surface area contributed by atoms with Crippen molar-refractivity contribution in [3.63, 3.8) is 0 Å². The number of aliphatic imine (C=N–C) groups is 1. The van der Waals surface area contributed by atoms with Gasteiger partial charge in [-0.1, -0.05) is 19.1 Å². The molecule has 152 valence electrons. The van der Waals surface area contributed by atoms with Crippen molar-refractivity contribution in [1.82, 2.24) is 15.5 Å². The van der Waals surface area contributed by atoms with Gasteiger partial charge in [0.25, 0.3) is 0 Å². The molecular formula is C21H36N4O2. The van der Waals surface area contributed by atoms with Crippen molar-refractivity contribution in [2.75, 3.05) is 46.4 Å². The van der Waals surface area contributed by atoms with Gasteiger partial charge in [0.2, 0.25) is 0 Å². The number of rotatable bonds is 11. The predicted molar refractivity (Wildman–Crippen MR) is 112 cm³/mol.